The molecule has 0 saturated carbocycles. The van der Waals surface area contributed by atoms with E-state index in [9.17, 15) is 9.59 Å². The summed E-state index contributed by atoms with van der Waals surface area (Å²) >= 11 is 0. The minimum Gasteiger partial charge on any atom is -0.478 e. The maximum absolute atomic E-state index is 9.55. The Kier molecular flexibility index (Phi) is 5.34. The number of hydrogen-bond acceptors (Lipinski definition) is 4. The van der Waals surface area contributed by atoms with Crippen LogP contribution in [0.2, 0.25) is 0 Å². The normalized spacial score (nSPS) is 19.8. The highest BCUT2D eigenvalue weighted by molar-refractivity contribution is 5.89. The molecule has 1 fully saturated rings. The molecule has 3 N–H and O–H groups in total. The standard InChI is InChI=1S/C16H15NO.C4H4O4/c1-3-7-15-11(5-1)13-9-17-10-14(13)12-6-2-4-8-16(12)18-15;5-3(6)1-2-4(7)8/h1-8,13-14,17H,9-10H2;1-2H,(H,5,6)(H,7,8)/b;2-1-. The van der Waals surface area contributed by atoms with E-state index in [2.05, 4.69) is 41.7 Å². The van der Waals surface area contributed by atoms with Crippen LogP contribution in [0.15, 0.2) is 60.7 Å². The molecule has 1 saturated heterocycles. The van der Waals surface area contributed by atoms with E-state index in [1.54, 1.807) is 0 Å². The average Bonchev–Trinajstić information content (AvgIpc) is 3.06. The fourth-order valence-electron chi connectivity index (χ4n) is 3.35. The van der Waals surface area contributed by atoms with Crippen molar-refractivity contribution in [3.63, 3.8) is 0 Å². The minimum atomic E-state index is -1.26. The van der Waals surface area contributed by atoms with Gasteiger partial charge in [0.2, 0.25) is 0 Å². The molecule has 0 spiro atoms. The first kappa shape index (κ1) is 17.7. The highest BCUT2D eigenvalue weighted by atomic mass is 16.5. The summed E-state index contributed by atoms with van der Waals surface area (Å²) in [5, 5.41) is 19.1. The highest BCUT2D eigenvalue weighted by Crippen LogP contribution is 2.47. The monoisotopic (exact) mass is 353 g/mol. The van der Waals surface area contributed by atoms with Crippen LogP contribution in [0.25, 0.3) is 0 Å². The van der Waals surface area contributed by atoms with E-state index in [0.717, 1.165) is 24.6 Å². The molecule has 0 aliphatic carbocycles. The number of rotatable bonds is 2. The smallest absolute Gasteiger partial charge is 0.328 e. The van der Waals surface area contributed by atoms with E-state index in [1.165, 1.54) is 11.1 Å². The fraction of sp³-hybridized carbons (Fsp3) is 0.200. The number of hydrogen-bond donors (Lipinski definition) is 3. The van der Waals surface area contributed by atoms with Gasteiger partial charge < -0.3 is 20.3 Å². The molecule has 26 heavy (non-hydrogen) atoms. The van der Waals surface area contributed by atoms with E-state index >= 15 is 0 Å². The van der Waals surface area contributed by atoms with Crippen molar-refractivity contribution >= 4 is 11.9 Å². The summed E-state index contributed by atoms with van der Waals surface area (Å²) in [6.07, 6.45) is 1.12. The first-order valence-corrected chi connectivity index (χ1v) is 8.26. The van der Waals surface area contributed by atoms with Gasteiger partial charge in [0, 0.05) is 37.1 Å². The van der Waals surface area contributed by atoms with Crippen LogP contribution < -0.4 is 10.1 Å². The zero-order valence-electron chi connectivity index (χ0n) is 14.0. The van der Waals surface area contributed by atoms with Crippen LogP contribution in [-0.2, 0) is 9.59 Å². The minimum absolute atomic E-state index is 0.532. The molecule has 0 aromatic heterocycles. The van der Waals surface area contributed by atoms with Gasteiger partial charge in [-0.05, 0) is 23.3 Å². The first-order valence-electron chi connectivity index (χ1n) is 8.26. The van der Waals surface area contributed by atoms with Crippen LogP contribution in [0.1, 0.15) is 23.0 Å². The summed E-state index contributed by atoms with van der Waals surface area (Å²) in [7, 11) is 0. The third-order valence-corrected chi connectivity index (χ3v) is 4.44. The number of nitrogens with one attached hydrogen (secondary N) is 1. The second-order valence-electron chi connectivity index (χ2n) is 6.06. The van der Waals surface area contributed by atoms with Gasteiger partial charge in [-0.15, -0.1) is 0 Å². The van der Waals surface area contributed by atoms with Crippen molar-refractivity contribution in [1.29, 1.82) is 0 Å². The molecule has 4 rings (SSSR count). The quantitative estimate of drug-likeness (QED) is 0.719. The second-order valence-corrected chi connectivity index (χ2v) is 6.06. The van der Waals surface area contributed by atoms with Gasteiger partial charge in [-0.25, -0.2) is 9.59 Å². The average molecular weight is 353 g/mol. The van der Waals surface area contributed by atoms with Gasteiger partial charge in [0.15, 0.2) is 0 Å². The maximum Gasteiger partial charge on any atom is 0.328 e. The van der Waals surface area contributed by atoms with Crippen LogP contribution in [0.4, 0.5) is 0 Å². The van der Waals surface area contributed by atoms with Crippen molar-refractivity contribution in [2.24, 2.45) is 0 Å². The number of carboxylic acid groups (broad SMARTS) is 2. The molecular formula is C20H19NO5. The Morgan fingerprint density at radius 2 is 1.27 bits per heavy atom. The van der Waals surface area contributed by atoms with Crippen molar-refractivity contribution in [1.82, 2.24) is 5.32 Å². The SMILES string of the molecule is O=C(O)/C=C\C(=O)O.c1ccc2c(c1)Oc1ccccc1C1CNCC21. The molecule has 2 atom stereocenters. The summed E-state index contributed by atoms with van der Waals surface area (Å²) in [5.74, 6) is 0.580. The van der Waals surface area contributed by atoms with Gasteiger partial charge in [0.05, 0.1) is 0 Å². The predicted octanol–water partition coefficient (Wildman–Crippen LogP) is 2.97. The number of fused-ring (bicyclic) bond motifs is 5. The Bertz CT molecular complexity index is 778. The highest BCUT2D eigenvalue weighted by Gasteiger charge is 2.35. The second kappa shape index (κ2) is 7.84. The Labute approximate surface area is 150 Å². The van der Waals surface area contributed by atoms with E-state index in [-0.39, 0.29) is 0 Å². The molecule has 2 aliphatic heterocycles. The number of ether oxygens (including phenoxy) is 1. The molecule has 6 heteroatoms. The van der Waals surface area contributed by atoms with E-state index in [1.807, 2.05) is 12.1 Å². The molecule has 2 aromatic carbocycles. The molecule has 0 bridgehead atoms. The molecule has 134 valence electrons. The van der Waals surface area contributed by atoms with Crippen molar-refractivity contribution in [2.75, 3.05) is 13.1 Å². The summed E-state index contributed by atoms with van der Waals surface area (Å²) in [5.41, 5.74) is 2.67. The summed E-state index contributed by atoms with van der Waals surface area (Å²) in [6.45, 7) is 2.08. The zero-order chi connectivity index (χ0) is 18.5. The Hall–Kier alpha value is -3.12. The summed E-state index contributed by atoms with van der Waals surface area (Å²) < 4.78 is 6.11. The van der Waals surface area contributed by atoms with Crippen LogP contribution in [0.5, 0.6) is 11.5 Å². The lowest BCUT2D eigenvalue weighted by Gasteiger charge is -2.16. The lowest BCUT2D eigenvalue weighted by molar-refractivity contribution is -0.134. The zero-order valence-corrected chi connectivity index (χ0v) is 14.0. The van der Waals surface area contributed by atoms with Crippen molar-refractivity contribution in [2.45, 2.75) is 11.8 Å². The number of aliphatic carboxylic acids is 2. The summed E-state index contributed by atoms with van der Waals surface area (Å²) in [4.78, 5) is 19.1. The van der Waals surface area contributed by atoms with Crippen LogP contribution in [0, 0.1) is 0 Å². The molecule has 0 radical (unpaired) electrons. The van der Waals surface area contributed by atoms with E-state index in [4.69, 9.17) is 14.9 Å². The fourth-order valence-corrected chi connectivity index (χ4v) is 3.35. The molecule has 6 nitrogen and oxygen atoms in total. The van der Waals surface area contributed by atoms with Gasteiger partial charge in [-0.3, -0.25) is 0 Å². The van der Waals surface area contributed by atoms with Crippen LogP contribution >= 0.6 is 0 Å². The topological polar surface area (TPSA) is 95.9 Å². The van der Waals surface area contributed by atoms with Gasteiger partial charge in [0.1, 0.15) is 11.5 Å². The number of carboxylic acids is 2. The predicted molar refractivity (Wildman–Crippen MR) is 95.7 cm³/mol. The first-order chi connectivity index (χ1) is 12.6. The maximum atomic E-state index is 9.55. The lowest BCUT2D eigenvalue weighted by Crippen LogP contribution is -2.08. The van der Waals surface area contributed by atoms with Gasteiger partial charge in [0.25, 0.3) is 0 Å². The number of carbonyl (C=O) groups is 2. The molecule has 0 amide bonds. The largest absolute Gasteiger partial charge is 0.478 e. The Morgan fingerprint density at radius 3 is 1.69 bits per heavy atom. The van der Waals surface area contributed by atoms with Gasteiger partial charge >= 0.3 is 11.9 Å². The van der Waals surface area contributed by atoms with Crippen molar-refractivity contribution < 1.29 is 24.5 Å². The third kappa shape index (κ3) is 3.92. The number of benzene rings is 2. The van der Waals surface area contributed by atoms with Crippen molar-refractivity contribution in [3.8, 4) is 11.5 Å². The molecule has 2 aromatic rings. The van der Waals surface area contributed by atoms with Crippen molar-refractivity contribution in [3.05, 3.63) is 71.8 Å². The molecule has 2 unspecified atom stereocenters. The van der Waals surface area contributed by atoms with E-state index < -0.39 is 11.9 Å². The summed E-state index contributed by atoms with van der Waals surface area (Å²) in [6, 6.07) is 16.9. The number of para-hydroxylation sites is 2. The molecule has 2 aliphatic rings. The van der Waals surface area contributed by atoms with E-state index in [0.29, 0.717) is 24.0 Å². The van der Waals surface area contributed by atoms with Crippen LogP contribution in [0.3, 0.4) is 0 Å². The molecule has 2 heterocycles. The molecular weight excluding hydrogens is 334 g/mol. The van der Waals surface area contributed by atoms with Gasteiger partial charge in [-0.1, -0.05) is 36.4 Å². The lowest BCUT2D eigenvalue weighted by atomic mass is 9.84. The van der Waals surface area contributed by atoms with Gasteiger partial charge in [-0.2, -0.15) is 0 Å². The Morgan fingerprint density at radius 1 is 0.846 bits per heavy atom. The Balaban J connectivity index is 0.000000211. The van der Waals surface area contributed by atoms with Crippen LogP contribution in [-0.4, -0.2) is 35.2 Å². The third-order valence-electron chi connectivity index (χ3n) is 4.44.